The summed E-state index contributed by atoms with van der Waals surface area (Å²) in [6.45, 7) is 2.36. The van der Waals surface area contributed by atoms with Crippen molar-refractivity contribution in [2.45, 2.75) is 38.6 Å². The van der Waals surface area contributed by atoms with E-state index < -0.39 is 11.4 Å². The SMILES string of the molecule is CC1(C(=O)NCCc2nc(C(=O)O)cs2)CCCC1N. The van der Waals surface area contributed by atoms with E-state index in [0.717, 1.165) is 19.3 Å². The molecular formula is C13H19N3O3S. The van der Waals surface area contributed by atoms with E-state index in [-0.39, 0.29) is 17.6 Å². The van der Waals surface area contributed by atoms with E-state index in [9.17, 15) is 9.59 Å². The van der Waals surface area contributed by atoms with Crippen LogP contribution in [0.15, 0.2) is 5.38 Å². The minimum absolute atomic E-state index is 0.0162. The molecule has 1 aliphatic rings. The Kier molecular flexibility index (Phi) is 4.39. The van der Waals surface area contributed by atoms with Crippen molar-refractivity contribution in [2.75, 3.05) is 6.54 Å². The smallest absolute Gasteiger partial charge is 0.355 e. The number of nitrogens with two attached hydrogens (primary N) is 1. The number of carboxylic acids is 1. The highest BCUT2D eigenvalue weighted by Crippen LogP contribution is 2.36. The summed E-state index contributed by atoms with van der Waals surface area (Å²) < 4.78 is 0. The molecule has 0 aliphatic heterocycles. The highest BCUT2D eigenvalue weighted by Gasteiger charge is 2.42. The third-order valence-electron chi connectivity index (χ3n) is 3.94. The van der Waals surface area contributed by atoms with Gasteiger partial charge in [-0.3, -0.25) is 4.79 Å². The Labute approximate surface area is 121 Å². The molecule has 0 bridgehead atoms. The zero-order chi connectivity index (χ0) is 14.8. The van der Waals surface area contributed by atoms with Gasteiger partial charge in [-0.25, -0.2) is 9.78 Å². The van der Waals surface area contributed by atoms with E-state index >= 15 is 0 Å². The fourth-order valence-electron chi connectivity index (χ4n) is 2.48. The van der Waals surface area contributed by atoms with Gasteiger partial charge in [0.1, 0.15) is 0 Å². The maximum atomic E-state index is 12.2. The Balaban J connectivity index is 1.83. The summed E-state index contributed by atoms with van der Waals surface area (Å²) in [4.78, 5) is 26.9. The Morgan fingerprint density at radius 1 is 1.65 bits per heavy atom. The number of thiazole rings is 1. The first-order valence-corrected chi connectivity index (χ1v) is 7.53. The van der Waals surface area contributed by atoms with Crippen LogP contribution in [0.1, 0.15) is 41.7 Å². The lowest BCUT2D eigenvalue weighted by atomic mass is 9.84. The zero-order valence-corrected chi connectivity index (χ0v) is 12.2. The maximum Gasteiger partial charge on any atom is 0.355 e. The van der Waals surface area contributed by atoms with Gasteiger partial charge in [0, 0.05) is 24.4 Å². The van der Waals surface area contributed by atoms with Crippen molar-refractivity contribution in [3.63, 3.8) is 0 Å². The number of aromatic nitrogens is 1. The third kappa shape index (κ3) is 2.99. The molecule has 1 aliphatic carbocycles. The minimum atomic E-state index is -1.03. The van der Waals surface area contributed by atoms with E-state index in [1.54, 1.807) is 0 Å². The molecule has 0 spiro atoms. The van der Waals surface area contributed by atoms with Crippen LogP contribution in [0.2, 0.25) is 0 Å². The summed E-state index contributed by atoms with van der Waals surface area (Å²) in [5.41, 5.74) is 5.58. The molecule has 1 aromatic rings. The highest BCUT2D eigenvalue weighted by atomic mass is 32.1. The molecule has 0 aromatic carbocycles. The van der Waals surface area contributed by atoms with Gasteiger partial charge in [-0.15, -0.1) is 11.3 Å². The van der Waals surface area contributed by atoms with Gasteiger partial charge in [-0.05, 0) is 19.8 Å². The van der Waals surface area contributed by atoms with Crippen LogP contribution in [0.5, 0.6) is 0 Å². The standard InChI is InChI=1S/C13H19N3O3S/c1-13(5-2-3-9(13)14)12(19)15-6-4-10-16-8(7-20-10)11(17)18/h7,9H,2-6,14H2,1H3,(H,15,19)(H,17,18). The van der Waals surface area contributed by atoms with Crippen LogP contribution in [0.3, 0.4) is 0 Å². The third-order valence-corrected chi connectivity index (χ3v) is 4.85. The summed E-state index contributed by atoms with van der Waals surface area (Å²) in [5, 5.41) is 13.9. The van der Waals surface area contributed by atoms with Crippen molar-refractivity contribution < 1.29 is 14.7 Å². The van der Waals surface area contributed by atoms with E-state index in [1.807, 2.05) is 6.92 Å². The number of carboxylic acid groups (broad SMARTS) is 1. The van der Waals surface area contributed by atoms with Gasteiger partial charge in [0.15, 0.2) is 5.69 Å². The number of amides is 1. The minimum Gasteiger partial charge on any atom is -0.476 e. The molecule has 20 heavy (non-hydrogen) atoms. The molecule has 2 unspecified atom stereocenters. The fraction of sp³-hybridized carbons (Fsp3) is 0.615. The predicted molar refractivity (Wildman–Crippen MR) is 75.7 cm³/mol. The summed E-state index contributed by atoms with van der Waals surface area (Å²) in [7, 11) is 0. The second kappa shape index (κ2) is 5.88. The molecule has 4 N–H and O–H groups in total. The highest BCUT2D eigenvalue weighted by molar-refractivity contribution is 7.09. The Morgan fingerprint density at radius 3 is 2.95 bits per heavy atom. The van der Waals surface area contributed by atoms with E-state index in [2.05, 4.69) is 10.3 Å². The molecule has 0 saturated heterocycles. The Morgan fingerprint density at radius 2 is 2.40 bits per heavy atom. The summed E-state index contributed by atoms with van der Waals surface area (Å²) in [5.74, 6) is -1.04. The van der Waals surface area contributed by atoms with E-state index in [4.69, 9.17) is 10.8 Å². The summed E-state index contributed by atoms with van der Waals surface area (Å²) in [6.07, 6.45) is 3.23. The second-order valence-electron chi connectivity index (χ2n) is 5.35. The molecule has 2 atom stereocenters. The monoisotopic (exact) mass is 297 g/mol. The maximum absolute atomic E-state index is 12.2. The number of hydrogen-bond acceptors (Lipinski definition) is 5. The molecule has 7 heteroatoms. The lowest BCUT2D eigenvalue weighted by Gasteiger charge is -2.27. The number of hydrogen-bond donors (Lipinski definition) is 3. The first-order chi connectivity index (χ1) is 9.43. The molecule has 110 valence electrons. The summed E-state index contributed by atoms with van der Waals surface area (Å²) in [6, 6.07) is -0.0824. The van der Waals surface area contributed by atoms with Gasteiger partial charge in [0.25, 0.3) is 0 Å². The van der Waals surface area contributed by atoms with Crippen LogP contribution in [-0.2, 0) is 11.2 Å². The lowest BCUT2D eigenvalue weighted by molar-refractivity contribution is -0.130. The molecule has 1 fully saturated rings. The normalized spacial score (nSPS) is 25.6. The van der Waals surface area contributed by atoms with Crippen LogP contribution in [0.25, 0.3) is 0 Å². The van der Waals surface area contributed by atoms with E-state index in [1.165, 1.54) is 16.7 Å². The average molecular weight is 297 g/mol. The molecule has 1 aromatic heterocycles. The van der Waals surface area contributed by atoms with Crippen molar-refractivity contribution >= 4 is 23.2 Å². The van der Waals surface area contributed by atoms with Gasteiger partial charge in [0.2, 0.25) is 5.91 Å². The fourth-order valence-corrected chi connectivity index (χ4v) is 3.26. The van der Waals surface area contributed by atoms with Crippen molar-refractivity contribution in [1.29, 1.82) is 0 Å². The van der Waals surface area contributed by atoms with Crippen molar-refractivity contribution in [1.82, 2.24) is 10.3 Å². The number of rotatable bonds is 5. The topological polar surface area (TPSA) is 105 Å². The predicted octanol–water partition coefficient (Wildman–Crippen LogP) is 1.02. The number of carbonyl (C=O) groups is 2. The van der Waals surface area contributed by atoms with Crippen LogP contribution < -0.4 is 11.1 Å². The van der Waals surface area contributed by atoms with Crippen LogP contribution in [-0.4, -0.2) is 34.6 Å². The first kappa shape index (κ1) is 14.9. The van der Waals surface area contributed by atoms with Gasteiger partial charge in [0.05, 0.1) is 10.4 Å². The lowest BCUT2D eigenvalue weighted by Crippen LogP contribution is -2.47. The van der Waals surface area contributed by atoms with Gasteiger partial charge >= 0.3 is 5.97 Å². The molecule has 0 radical (unpaired) electrons. The van der Waals surface area contributed by atoms with Crippen LogP contribution in [0.4, 0.5) is 0 Å². The molecule has 6 nitrogen and oxygen atoms in total. The van der Waals surface area contributed by atoms with Crippen molar-refractivity contribution in [3.05, 3.63) is 16.1 Å². The Bertz CT molecular complexity index is 517. The van der Waals surface area contributed by atoms with Gasteiger partial charge in [-0.1, -0.05) is 6.42 Å². The number of nitrogens with zero attached hydrogens (tertiary/aromatic N) is 1. The van der Waals surface area contributed by atoms with Crippen LogP contribution in [0, 0.1) is 5.41 Å². The molecule has 1 heterocycles. The zero-order valence-electron chi connectivity index (χ0n) is 11.4. The average Bonchev–Trinajstić information content (AvgIpc) is 2.98. The second-order valence-corrected chi connectivity index (χ2v) is 6.30. The summed E-state index contributed by atoms with van der Waals surface area (Å²) >= 11 is 1.29. The molecule has 2 rings (SSSR count). The van der Waals surface area contributed by atoms with Crippen molar-refractivity contribution in [3.8, 4) is 0 Å². The van der Waals surface area contributed by atoms with E-state index in [0.29, 0.717) is 18.0 Å². The van der Waals surface area contributed by atoms with Crippen molar-refractivity contribution in [2.24, 2.45) is 11.1 Å². The van der Waals surface area contributed by atoms with Gasteiger partial charge < -0.3 is 16.2 Å². The number of nitrogens with one attached hydrogen (secondary N) is 1. The molecule has 1 amide bonds. The van der Waals surface area contributed by atoms with Gasteiger partial charge in [-0.2, -0.15) is 0 Å². The Hall–Kier alpha value is -1.47. The first-order valence-electron chi connectivity index (χ1n) is 6.65. The molecule has 1 saturated carbocycles. The number of aromatic carboxylic acids is 1. The quantitative estimate of drug-likeness (QED) is 0.752. The van der Waals surface area contributed by atoms with Crippen LogP contribution >= 0.6 is 11.3 Å². The number of carbonyl (C=O) groups excluding carboxylic acids is 1. The largest absolute Gasteiger partial charge is 0.476 e. The molecular weight excluding hydrogens is 278 g/mol.